The highest BCUT2D eigenvalue weighted by molar-refractivity contribution is 7.80. The molecule has 0 saturated heterocycles. The van der Waals surface area contributed by atoms with Crippen molar-refractivity contribution < 1.29 is 4.79 Å². The number of nitrogens with one attached hydrogen (secondary N) is 3. The quantitative estimate of drug-likeness (QED) is 0.124. The van der Waals surface area contributed by atoms with E-state index >= 15 is 0 Å². The van der Waals surface area contributed by atoms with Crippen molar-refractivity contribution in [3.63, 3.8) is 0 Å². The van der Waals surface area contributed by atoms with Crippen LogP contribution in [0.2, 0.25) is 10.0 Å². The lowest BCUT2D eigenvalue weighted by Gasteiger charge is -2.28. The molecule has 4 nitrogen and oxygen atoms in total. The van der Waals surface area contributed by atoms with Gasteiger partial charge < -0.3 is 16.0 Å². The minimum atomic E-state index is -1.80. The molecule has 1 aromatic rings. The van der Waals surface area contributed by atoms with Gasteiger partial charge in [0.05, 0.1) is 10.7 Å². The van der Waals surface area contributed by atoms with Crippen LogP contribution in [0.3, 0.4) is 0 Å². The Morgan fingerprint density at radius 1 is 1.03 bits per heavy atom. The molecule has 0 unspecified atom stereocenters. The zero-order chi connectivity index (χ0) is 21.9. The van der Waals surface area contributed by atoms with E-state index < -0.39 is 9.96 Å². The second-order valence-electron chi connectivity index (χ2n) is 6.64. The first kappa shape index (κ1) is 26.9. The van der Waals surface area contributed by atoms with Gasteiger partial charge in [-0.1, -0.05) is 103 Å². The van der Waals surface area contributed by atoms with Crippen LogP contribution in [0.25, 0.3) is 0 Å². The average Bonchev–Trinajstić information content (AvgIpc) is 2.62. The SMILES string of the molecule is CCCCCCCCCC(=O)N[C@@H](NC(=S)Nc1ccc(Cl)cc1Cl)C(Cl)(Cl)Cl. The van der Waals surface area contributed by atoms with Crippen LogP contribution in [0.5, 0.6) is 0 Å². The molecule has 0 aliphatic carbocycles. The van der Waals surface area contributed by atoms with Crippen molar-refractivity contribution in [1.29, 1.82) is 0 Å². The number of alkyl halides is 3. The predicted molar refractivity (Wildman–Crippen MR) is 131 cm³/mol. The van der Waals surface area contributed by atoms with Crippen molar-refractivity contribution >= 4 is 86.9 Å². The van der Waals surface area contributed by atoms with Gasteiger partial charge >= 0.3 is 0 Å². The number of benzene rings is 1. The lowest BCUT2D eigenvalue weighted by Crippen LogP contribution is -2.56. The van der Waals surface area contributed by atoms with Gasteiger partial charge in [0.2, 0.25) is 9.70 Å². The third kappa shape index (κ3) is 11.7. The number of carbonyl (C=O) groups is 1. The Balaban J connectivity index is 2.49. The lowest BCUT2D eigenvalue weighted by molar-refractivity contribution is -0.122. The second kappa shape index (κ2) is 14.0. The number of halogens is 5. The van der Waals surface area contributed by atoms with E-state index in [2.05, 4.69) is 22.9 Å². The van der Waals surface area contributed by atoms with Gasteiger partial charge in [0.25, 0.3) is 0 Å². The van der Waals surface area contributed by atoms with E-state index in [9.17, 15) is 4.79 Å². The lowest BCUT2D eigenvalue weighted by atomic mass is 10.1. The van der Waals surface area contributed by atoms with Gasteiger partial charge in [0.15, 0.2) is 5.11 Å². The van der Waals surface area contributed by atoms with Gasteiger partial charge in [-0.3, -0.25) is 4.79 Å². The van der Waals surface area contributed by atoms with Crippen molar-refractivity contribution in [1.82, 2.24) is 10.6 Å². The Kier molecular flexibility index (Phi) is 13.0. The smallest absolute Gasteiger partial charge is 0.228 e. The summed E-state index contributed by atoms with van der Waals surface area (Å²) in [4.78, 5) is 12.2. The first-order valence-electron chi connectivity index (χ1n) is 9.52. The van der Waals surface area contributed by atoms with Crippen molar-refractivity contribution in [3.05, 3.63) is 28.2 Å². The Bertz CT molecular complexity index is 670. The molecular weight excluding hydrogens is 496 g/mol. The fourth-order valence-corrected chi connectivity index (χ4v) is 3.57. The highest BCUT2D eigenvalue weighted by Crippen LogP contribution is 2.30. The molecule has 1 atom stereocenters. The number of unbranched alkanes of at least 4 members (excludes halogenated alkanes) is 6. The van der Waals surface area contributed by atoms with Crippen molar-refractivity contribution in [2.45, 2.75) is 68.2 Å². The molecule has 0 bridgehead atoms. The molecule has 0 spiro atoms. The van der Waals surface area contributed by atoms with Crippen molar-refractivity contribution in [2.24, 2.45) is 0 Å². The largest absolute Gasteiger partial charge is 0.339 e. The van der Waals surface area contributed by atoms with Gasteiger partial charge in [-0.15, -0.1) is 0 Å². The van der Waals surface area contributed by atoms with Crippen molar-refractivity contribution in [3.8, 4) is 0 Å². The molecule has 0 aliphatic rings. The summed E-state index contributed by atoms with van der Waals surface area (Å²) < 4.78 is -1.80. The molecule has 0 aromatic heterocycles. The molecule has 0 aliphatic heterocycles. The van der Waals surface area contributed by atoms with Crippen LogP contribution in [0, 0.1) is 0 Å². The highest BCUT2D eigenvalue weighted by atomic mass is 35.6. The Labute approximate surface area is 203 Å². The molecule has 1 rings (SSSR count). The van der Waals surface area contributed by atoms with E-state index in [1.165, 1.54) is 25.7 Å². The minimum Gasteiger partial charge on any atom is -0.339 e. The molecule has 0 radical (unpaired) electrons. The standard InChI is InChI=1S/C19H26Cl5N3OS/c1-2-3-4-5-6-7-8-9-16(28)26-17(19(22,23)24)27-18(29)25-15-11-10-13(20)12-14(15)21/h10-12,17H,2-9H2,1H3,(H,26,28)(H2,25,27,29)/t17-/m0/s1. The summed E-state index contributed by atoms with van der Waals surface area (Å²) in [7, 11) is 0. The van der Waals surface area contributed by atoms with E-state index in [1.807, 2.05) is 0 Å². The van der Waals surface area contributed by atoms with E-state index in [0.717, 1.165) is 19.3 Å². The summed E-state index contributed by atoms with van der Waals surface area (Å²) in [6.45, 7) is 2.19. The van der Waals surface area contributed by atoms with E-state index in [4.69, 9.17) is 70.2 Å². The highest BCUT2D eigenvalue weighted by Gasteiger charge is 2.34. The van der Waals surface area contributed by atoms with Gasteiger partial charge in [-0.25, -0.2) is 0 Å². The zero-order valence-electron chi connectivity index (χ0n) is 16.2. The summed E-state index contributed by atoms with van der Waals surface area (Å²) in [5, 5.41) is 9.40. The van der Waals surface area contributed by atoms with E-state index in [0.29, 0.717) is 22.2 Å². The fraction of sp³-hybridized carbons (Fsp3) is 0.579. The van der Waals surface area contributed by atoms with E-state index in [1.54, 1.807) is 18.2 Å². The summed E-state index contributed by atoms with van der Waals surface area (Å²) in [5.41, 5.74) is 0.533. The normalized spacial score (nSPS) is 12.3. The van der Waals surface area contributed by atoms with E-state index in [-0.39, 0.29) is 11.0 Å². The molecule has 1 amide bonds. The Hall–Kier alpha value is -0.170. The zero-order valence-corrected chi connectivity index (χ0v) is 20.8. The van der Waals surface area contributed by atoms with Gasteiger partial charge in [-0.2, -0.15) is 0 Å². The number of carbonyl (C=O) groups excluding carboxylic acids is 1. The molecule has 1 aromatic carbocycles. The van der Waals surface area contributed by atoms with Gasteiger partial charge in [-0.05, 0) is 36.8 Å². The number of hydrogen-bond donors (Lipinski definition) is 3. The third-order valence-electron chi connectivity index (χ3n) is 4.09. The fourth-order valence-electron chi connectivity index (χ4n) is 2.56. The predicted octanol–water partition coefficient (Wildman–Crippen LogP) is 7.23. The van der Waals surface area contributed by atoms with Crippen LogP contribution in [-0.2, 0) is 4.79 Å². The van der Waals surface area contributed by atoms with Crippen molar-refractivity contribution in [2.75, 3.05) is 5.32 Å². The maximum Gasteiger partial charge on any atom is 0.228 e. The molecule has 10 heteroatoms. The summed E-state index contributed by atoms with van der Waals surface area (Å²) >= 11 is 35.2. The summed E-state index contributed by atoms with van der Waals surface area (Å²) in [6.07, 6.45) is 7.17. The van der Waals surface area contributed by atoms with Gasteiger partial charge in [0, 0.05) is 11.4 Å². The summed E-state index contributed by atoms with van der Waals surface area (Å²) in [5.74, 6) is -0.213. The number of rotatable bonds is 11. The first-order valence-corrected chi connectivity index (χ1v) is 11.8. The molecule has 0 heterocycles. The second-order valence-corrected chi connectivity index (χ2v) is 10.3. The van der Waals surface area contributed by atoms with Crippen LogP contribution in [-0.4, -0.2) is 21.0 Å². The van der Waals surface area contributed by atoms with Gasteiger partial charge in [0.1, 0.15) is 6.17 Å². The van der Waals surface area contributed by atoms with Crippen LogP contribution >= 0.6 is 70.2 Å². The maximum atomic E-state index is 12.2. The molecule has 0 fully saturated rings. The average molecular weight is 522 g/mol. The maximum absolute atomic E-state index is 12.2. The molecule has 0 saturated carbocycles. The van der Waals surface area contributed by atoms with Crippen LogP contribution in [0.4, 0.5) is 5.69 Å². The number of hydrogen-bond acceptors (Lipinski definition) is 2. The first-order chi connectivity index (χ1) is 13.6. The summed E-state index contributed by atoms with van der Waals surface area (Å²) in [6, 6.07) is 4.90. The van der Waals surface area contributed by atoms with Crippen LogP contribution < -0.4 is 16.0 Å². The third-order valence-corrected chi connectivity index (χ3v) is 5.52. The molecule has 29 heavy (non-hydrogen) atoms. The Morgan fingerprint density at radius 3 is 2.24 bits per heavy atom. The molecular formula is C19H26Cl5N3OS. The Morgan fingerprint density at radius 2 is 1.66 bits per heavy atom. The topological polar surface area (TPSA) is 53.2 Å². The minimum absolute atomic E-state index is 0.141. The molecule has 3 N–H and O–H groups in total. The number of anilines is 1. The van der Waals surface area contributed by atoms with Crippen LogP contribution in [0.15, 0.2) is 18.2 Å². The monoisotopic (exact) mass is 519 g/mol. The number of thiocarbonyl (C=S) groups is 1. The number of amides is 1. The molecule has 164 valence electrons. The van der Waals surface area contributed by atoms with Crippen LogP contribution in [0.1, 0.15) is 58.3 Å².